The van der Waals surface area contributed by atoms with Gasteiger partial charge in [-0.3, -0.25) is 4.79 Å². The third-order valence-corrected chi connectivity index (χ3v) is 3.98. The number of methoxy groups -OCH3 is 1. The lowest BCUT2D eigenvalue weighted by atomic mass is 10.1. The van der Waals surface area contributed by atoms with Gasteiger partial charge >= 0.3 is 5.97 Å². The van der Waals surface area contributed by atoms with Crippen LogP contribution in [0.5, 0.6) is 11.5 Å². The van der Waals surface area contributed by atoms with Crippen molar-refractivity contribution in [1.29, 1.82) is 0 Å². The van der Waals surface area contributed by atoms with E-state index in [4.69, 9.17) is 15.2 Å². The van der Waals surface area contributed by atoms with Crippen LogP contribution in [-0.2, 0) is 9.53 Å². The number of fused-ring (bicyclic) bond motifs is 1. The largest absolute Gasteiger partial charge is 0.490 e. The van der Waals surface area contributed by atoms with Crippen molar-refractivity contribution in [2.75, 3.05) is 31.8 Å². The minimum atomic E-state index is -0.235. The number of nitrogens with two attached hydrogens (primary N) is 1. The number of benzene rings is 1. The Hall–Kier alpha value is -1.40. The second-order valence-corrected chi connectivity index (χ2v) is 5.48. The molecule has 0 bridgehead atoms. The second-order valence-electron chi connectivity index (χ2n) is 4.45. The summed E-state index contributed by atoms with van der Waals surface area (Å²) in [4.78, 5) is 11.0. The van der Waals surface area contributed by atoms with Crippen molar-refractivity contribution in [3.8, 4) is 11.5 Å². The molecule has 1 aliphatic rings. The highest BCUT2D eigenvalue weighted by molar-refractivity contribution is 7.99. The first-order valence-corrected chi connectivity index (χ1v) is 7.66. The zero-order chi connectivity index (χ0) is 14.4. The predicted octanol–water partition coefficient (Wildman–Crippen LogP) is 1.75. The van der Waals surface area contributed by atoms with Crippen molar-refractivity contribution in [3.05, 3.63) is 23.8 Å². The number of rotatable bonds is 5. The molecule has 0 radical (unpaired) electrons. The number of ether oxygens (including phenoxy) is 3. The van der Waals surface area contributed by atoms with Crippen LogP contribution >= 0.6 is 11.8 Å². The maximum atomic E-state index is 11.0. The highest BCUT2D eigenvalue weighted by Crippen LogP contribution is 2.32. The van der Waals surface area contributed by atoms with Crippen molar-refractivity contribution in [1.82, 2.24) is 0 Å². The third kappa shape index (κ3) is 4.05. The molecule has 0 fully saturated rings. The van der Waals surface area contributed by atoms with Gasteiger partial charge in [0, 0.05) is 18.2 Å². The van der Waals surface area contributed by atoms with Crippen molar-refractivity contribution >= 4 is 17.7 Å². The Morgan fingerprint density at radius 2 is 2.15 bits per heavy atom. The summed E-state index contributed by atoms with van der Waals surface area (Å²) in [5.74, 6) is 2.23. The molecule has 110 valence electrons. The molecule has 0 aliphatic carbocycles. The molecule has 20 heavy (non-hydrogen) atoms. The van der Waals surface area contributed by atoms with E-state index in [0.29, 0.717) is 24.7 Å². The molecule has 1 atom stereocenters. The lowest BCUT2D eigenvalue weighted by Gasteiger charge is -2.14. The second kappa shape index (κ2) is 7.40. The maximum Gasteiger partial charge on any atom is 0.315 e. The number of hydrogen-bond donors (Lipinski definition) is 1. The fourth-order valence-corrected chi connectivity index (χ4v) is 2.68. The van der Waals surface area contributed by atoms with E-state index in [-0.39, 0.29) is 12.0 Å². The van der Waals surface area contributed by atoms with E-state index in [2.05, 4.69) is 4.74 Å². The summed E-state index contributed by atoms with van der Waals surface area (Å²) >= 11 is 1.46. The Bertz CT molecular complexity index is 466. The Labute approximate surface area is 122 Å². The Morgan fingerprint density at radius 1 is 1.40 bits per heavy atom. The van der Waals surface area contributed by atoms with Crippen LogP contribution in [0.3, 0.4) is 0 Å². The number of hydrogen-bond acceptors (Lipinski definition) is 6. The van der Waals surface area contributed by atoms with Gasteiger partial charge in [-0.1, -0.05) is 6.07 Å². The van der Waals surface area contributed by atoms with E-state index in [1.54, 1.807) is 0 Å². The van der Waals surface area contributed by atoms with Crippen LogP contribution < -0.4 is 15.2 Å². The van der Waals surface area contributed by atoms with Gasteiger partial charge in [0.25, 0.3) is 0 Å². The maximum absolute atomic E-state index is 11.0. The molecule has 0 amide bonds. The third-order valence-electron chi connectivity index (χ3n) is 2.94. The van der Waals surface area contributed by atoms with E-state index >= 15 is 0 Å². The summed E-state index contributed by atoms with van der Waals surface area (Å²) in [6.07, 6.45) is 0.880. The summed E-state index contributed by atoms with van der Waals surface area (Å²) in [5, 5.41) is 0. The van der Waals surface area contributed by atoms with Gasteiger partial charge < -0.3 is 19.9 Å². The molecule has 6 heteroatoms. The molecule has 0 spiro atoms. The van der Waals surface area contributed by atoms with Gasteiger partial charge in [-0.05, 0) is 17.7 Å². The first kappa shape index (κ1) is 15.0. The molecule has 1 unspecified atom stereocenters. The first-order chi connectivity index (χ1) is 9.70. The lowest BCUT2D eigenvalue weighted by molar-refractivity contribution is -0.137. The van der Waals surface area contributed by atoms with Crippen molar-refractivity contribution in [3.63, 3.8) is 0 Å². The quantitative estimate of drug-likeness (QED) is 0.835. The summed E-state index contributed by atoms with van der Waals surface area (Å²) in [7, 11) is 1.38. The molecule has 5 nitrogen and oxygen atoms in total. The highest BCUT2D eigenvalue weighted by Gasteiger charge is 2.14. The molecule has 1 heterocycles. The van der Waals surface area contributed by atoms with E-state index in [0.717, 1.165) is 23.5 Å². The number of carbonyl (C=O) groups is 1. The summed E-state index contributed by atoms with van der Waals surface area (Å²) in [5.41, 5.74) is 7.10. The van der Waals surface area contributed by atoms with Crippen LogP contribution in [0.4, 0.5) is 0 Å². The van der Waals surface area contributed by atoms with Crippen LogP contribution in [0.2, 0.25) is 0 Å². The van der Waals surface area contributed by atoms with Gasteiger partial charge in [-0.2, -0.15) is 0 Å². The zero-order valence-electron chi connectivity index (χ0n) is 11.5. The summed E-state index contributed by atoms with van der Waals surface area (Å²) in [6, 6.07) is 5.60. The average molecular weight is 297 g/mol. The molecule has 2 N–H and O–H groups in total. The molecule has 2 rings (SSSR count). The molecule has 0 aromatic heterocycles. The van der Waals surface area contributed by atoms with Gasteiger partial charge in [-0.15, -0.1) is 11.8 Å². The molecule has 0 saturated heterocycles. The van der Waals surface area contributed by atoms with Crippen LogP contribution in [0.25, 0.3) is 0 Å². The molecule has 1 aliphatic heterocycles. The molecular formula is C14H19NO4S. The summed E-state index contributed by atoms with van der Waals surface area (Å²) < 4.78 is 15.8. The SMILES string of the molecule is COC(=O)CSCC(N)c1ccc2c(c1)OCCCO2. The van der Waals surface area contributed by atoms with Crippen LogP contribution in [0.15, 0.2) is 18.2 Å². The molecular weight excluding hydrogens is 278 g/mol. The summed E-state index contributed by atoms with van der Waals surface area (Å²) in [6.45, 7) is 1.33. The van der Waals surface area contributed by atoms with Crippen molar-refractivity contribution in [2.45, 2.75) is 12.5 Å². The van der Waals surface area contributed by atoms with Crippen LogP contribution in [-0.4, -0.2) is 37.8 Å². The van der Waals surface area contributed by atoms with E-state index in [1.807, 2.05) is 18.2 Å². The Morgan fingerprint density at radius 3 is 2.90 bits per heavy atom. The smallest absolute Gasteiger partial charge is 0.315 e. The van der Waals surface area contributed by atoms with E-state index < -0.39 is 0 Å². The first-order valence-electron chi connectivity index (χ1n) is 6.50. The van der Waals surface area contributed by atoms with Gasteiger partial charge in [0.1, 0.15) is 0 Å². The van der Waals surface area contributed by atoms with Crippen LogP contribution in [0.1, 0.15) is 18.0 Å². The van der Waals surface area contributed by atoms with Gasteiger partial charge in [-0.25, -0.2) is 0 Å². The van der Waals surface area contributed by atoms with Gasteiger partial charge in [0.2, 0.25) is 0 Å². The predicted molar refractivity (Wildman–Crippen MR) is 78.3 cm³/mol. The Kier molecular flexibility index (Phi) is 5.55. The van der Waals surface area contributed by atoms with Crippen molar-refractivity contribution in [2.24, 2.45) is 5.73 Å². The topological polar surface area (TPSA) is 70.8 Å². The van der Waals surface area contributed by atoms with E-state index in [9.17, 15) is 4.79 Å². The van der Waals surface area contributed by atoms with E-state index in [1.165, 1.54) is 18.9 Å². The number of thioether (sulfide) groups is 1. The zero-order valence-corrected chi connectivity index (χ0v) is 12.3. The lowest BCUT2D eigenvalue weighted by Crippen LogP contribution is -2.15. The highest BCUT2D eigenvalue weighted by atomic mass is 32.2. The minimum Gasteiger partial charge on any atom is -0.490 e. The fraction of sp³-hybridized carbons (Fsp3) is 0.500. The normalized spacial score (nSPS) is 15.3. The van der Waals surface area contributed by atoms with Crippen LogP contribution in [0, 0.1) is 0 Å². The fourth-order valence-electron chi connectivity index (χ4n) is 1.83. The van der Waals surface area contributed by atoms with Crippen molar-refractivity contribution < 1.29 is 19.0 Å². The number of esters is 1. The molecule has 1 aromatic rings. The monoisotopic (exact) mass is 297 g/mol. The molecule has 0 saturated carbocycles. The Balaban J connectivity index is 1.94. The standard InChI is InChI=1S/C14H19NO4S/c1-17-14(16)9-20-8-11(15)10-3-4-12-13(7-10)19-6-2-5-18-12/h3-4,7,11H,2,5-6,8-9,15H2,1H3. The average Bonchev–Trinajstić information content (AvgIpc) is 2.71. The molecule has 1 aromatic carbocycles. The number of carbonyl (C=O) groups excluding carboxylic acids is 1. The minimum absolute atomic E-state index is 0.151. The van der Waals surface area contributed by atoms with Gasteiger partial charge in [0.05, 0.1) is 26.1 Å². The van der Waals surface area contributed by atoms with Gasteiger partial charge in [0.15, 0.2) is 11.5 Å².